The number of carbonyl (C=O) groups excluding carboxylic acids is 2. The quantitative estimate of drug-likeness (QED) is 0.225. The average Bonchev–Trinajstić information content (AvgIpc) is 3.33. The van der Waals surface area contributed by atoms with E-state index < -0.39 is 11.7 Å². The van der Waals surface area contributed by atoms with Gasteiger partial charge in [0.05, 0.1) is 18.0 Å². The second kappa shape index (κ2) is 10.3. The molecule has 1 aliphatic rings. The van der Waals surface area contributed by atoms with Crippen molar-refractivity contribution in [3.8, 4) is 5.75 Å². The summed E-state index contributed by atoms with van der Waals surface area (Å²) in [6, 6.07) is 17.7. The van der Waals surface area contributed by atoms with E-state index in [1.54, 1.807) is 36.4 Å². The number of rotatable bonds is 7. The first kappa shape index (κ1) is 24.3. The van der Waals surface area contributed by atoms with Crippen LogP contribution in [0.5, 0.6) is 5.75 Å². The maximum atomic E-state index is 13.9. The van der Waals surface area contributed by atoms with Gasteiger partial charge in [-0.15, -0.1) is 0 Å². The summed E-state index contributed by atoms with van der Waals surface area (Å²) in [6.07, 6.45) is 3.59. The lowest BCUT2D eigenvalue weighted by Crippen LogP contribution is -2.27. The summed E-state index contributed by atoms with van der Waals surface area (Å²) < 4.78 is 35.5. The van der Waals surface area contributed by atoms with Gasteiger partial charge in [-0.1, -0.05) is 40.2 Å². The number of halogens is 3. The van der Waals surface area contributed by atoms with Crippen LogP contribution in [0, 0.1) is 11.6 Å². The molecule has 0 unspecified atom stereocenters. The Morgan fingerprint density at radius 2 is 1.78 bits per heavy atom. The zero-order valence-electron chi connectivity index (χ0n) is 18.8. The number of fused-ring (bicyclic) bond motifs is 1. The molecule has 9 heteroatoms. The number of nitrogens with zero attached hydrogens (tertiary/aromatic N) is 2. The summed E-state index contributed by atoms with van der Waals surface area (Å²) in [5.74, 6) is -1.01. The summed E-state index contributed by atoms with van der Waals surface area (Å²) in [6.45, 7) is 0.768. The van der Waals surface area contributed by atoms with Crippen molar-refractivity contribution in [2.24, 2.45) is 0 Å². The third-order valence-corrected chi connectivity index (χ3v) is 7.12. The number of hydrogen-bond acceptors (Lipinski definition) is 4. The van der Waals surface area contributed by atoms with Crippen LogP contribution >= 0.6 is 27.7 Å². The van der Waals surface area contributed by atoms with Crippen LogP contribution in [0.3, 0.4) is 0 Å². The molecule has 36 heavy (non-hydrogen) atoms. The molecule has 0 spiro atoms. The van der Waals surface area contributed by atoms with Crippen LogP contribution < -0.4 is 4.74 Å². The highest BCUT2D eigenvalue weighted by Gasteiger charge is 2.35. The maximum Gasteiger partial charge on any atom is 0.293 e. The molecule has 2 heterocycles. The van der Waals surface area contributed by atoms with Gasteiger partial charge in [-0.3, -0.25) is 14.5 Å². The molecule has 182 valence electrons. The molecular formula is C27H19BrF2N2O3S. The number of hydrogen-bond donors (Lipinski definition) is 0. The molecule has 5 rings (SSSR count). The lowest BCUT2D eigenvalue weighted by molar-refractivity contribution is -0.123. The molecule has 5 nitrogen and oxygen atoms in total. The van der Waals surface area contributed by atoms with Gasteiger partial charge in [-0.2, -0.15) is 0 Å². The van der Waals surface area contributed by atoms with Gasteiger partial charge in [-0.25, -0.2) is 8.78 Å². The summed E-state index contributed by atoms with van der Waals surface area (Å²) in [5.41, 5.74) is 2.34. The lowest BCUT2D eigenvalue weighted by atomic mass is 10.1. The summed E-state index contributed by atoms with van der Waals surface area (Å²) in [5, 5.41) is 0.513. The Morgan fingerprint density at radius 1 is 1.00 bits per heavy atom. The van der Waals surface area contributed by atoms with Crippen molar-refractivity contribution in [2.45, 2.75) is 13.1 Å². The van der Waals surface area contributed by atoms with Gasteiger partial charge in [-0.05, 0) is 65.9 Å². The van der Waals surface area contributed by atoms with Crippen molar-refractivity contribution < 1.29 is 23.1 Å². The van der Waals surface area contributed by atoms with Crippen molar-refractivity contribution in [1.29, 1.82) is 0 Å². The van der Waals surface area contributed by atoms with Gasteiger partial charge < -0.3 is 9.30 Å². The van der Waals surface area contributed by atoms with Crippen LogP contribution in [-0.2, 0) is 17.9 Å². The fourth-order valence-electron chi connectivity index (χ4n) is 3.96. The summed E-state index contributed by atoms with van der Waals surface area (Å²) >= 11 is 4.37. The topological polar surface area (TPSA) is 51.5 Å². The normalized spacial score (nSPS) is 14.9. The molecule has 0 atom stereocenters. The minimum absolute atomic E-state index is 0.0724. The molecule has 2 amide bonds. The predicted molar refractivity (Wildman–Crippen MR) is 139 cm³/mol. The largest absolute Gasteiger partial charge is 0.489 e. The van der Waals surface area contributed by atoms with E-state index in [1.807, 2.05) is 29.0 Å². The molecular weight excluding hydrogens is 550 g/mol. The molecule has 0 aliphatic carbocycles. The third kappa shape index (κ3) is 5.08. The van der Waals surface area contributed by atoms with E-state index in [1.165, 1.54) is 18.2 Å². The molecule has 0 bridgehead atoms. The number of para-hydroxylation sites is 1. The molecule has 0 radical (unpaired) electrons. The number of benzene rings is 3. The standard InChI is InChI=1S/C27H19BrF2N2O3S/c28-19-7-10-23-21(14-19)18(16-31(23)11-12-35-24-4-2-1-3-22(24)30)13-25-26(33)32(27(34)36-25)15-17-5-8-20(29)9-6-17/h1-10,13-14,16H,11-12,15H2/b25-13-. The van der Waals surface area contributed by atoms with E-state index in [4.69, 9.17) is 4.74 Å². The van der Waals surface area contributed by atoms with E-state index in [0.29, 0.717) is 17.0 Å². The zero-order chi connectivity index (χ0) is 25.2. The van der Waals surface area contributed by atoms with Crippen molar-refractivity contribution in [2.75, 3.05) is 6.61 Å². The zero-order valence-corrected chi connectivity index (χ0v) is 21.2. The first-order chi connectivity index (χ1) is 17.4. The van der Waals surface area contributed by atoms with E-state index in [0.717, 1.165) is 37.6 Å². The Hall–Kier alpha value is -3.43. The number of amides is 2. The van der Waals surface area contributed by atoms with E-state index in [9.17, 15) is 18.4 Å². The highest BCUT2D eigenvalue weighted by Crippen LogP contribution is 2.35. The molecule has 1 aromatic heterocycles. The van der Waals surface area contributed by atoms with Crippen molar-refractivity contribution in [3.63, 3.8) is 0 Å². The highest BCUT2D eigenvalue weighted by molar-refractivity contribution is 9.10. The maximum absolute atomic E-state index is 13.9. The Kier molecular flexibility index (Phi) is 6.93. The molecule has 0 N–H and O–H groups in total. The SMILES string of the molecule is O=C1S/C(=C\c2cn(CCOc3ccccc3F)c3ccc(Br)cc23)C(=O)N1Cc1ccc(F)cc1. The fourth-order valence-corrected chi connectivity index (χ4v) is 5.15. The van der Waals surface area contributed by atoms with Crippen LogP contribution in [0.2, 0.25) is 0 Å². The van der Waals surface area contributed by atoms with Crippen LogP contribution in [0.4, 0.5) is 13.6 Å². The summed E-state index contributed by atoms with van der Waals surface area (Å²) in [4.78, 5) is 27.1. The Morgan fingerprint density at radius 3 is 2.56 bits per heavy atom. The van der Waals surface area contributed by atoms with Gasteiger partial charge >= 0.3 is 0 Å². The predicted octanol–water partition coefficient (Wildman–Crippen LogP) is 7.00. The molecule has 1 aliphatic heterocycles. The first-order valence-corrected chi connectivity index (χ1v) is 12.7. The molecule has 3 aromatic carbocycles. The minimum atomic E-state index is -0.421. The number of thioether (sulfide) groups is 1. The fraction of sp³-hybridized carbons (Fsp3) is 0.111. The number of ether oxygens (including phenoxy) is 1. The second-order valence-corrected chi connectivity index (χ2v) is 10.0. The number of carbonyl (C=O) groups is 2. The van der Waals surface area contributed by atoms with Crippen LogP contribution in [-0.4, -0.2) is 27.2 Å². The van der Waals surface area contributed by atoms with Gasteiger partial charge in [0.2, 0.25) is 0 Å². The molecule has 1 saturated heterocycles. The Bertz CT molecular complexity index is 1500. The average molecular weight is 569 g/mol. The van der Waals surface area contributed by atoms with Crippen molar-refractivity contribution in [1.82, 2.24) is 9.47 Å². The van der Waals surface area contributed by atoms with Gasteiger partial charge in [0.1, 0.15) is 12.4 Å². The first-order valence-electron chi connectivity index (χ1n) is 11.0. The molecule has 0 saturated carbocycles. The summed E-state index contributed by atoms with van der Waals surface area (Å²) in [7, 11) is 0. The number of aromatic nitrogens is 1. The van der Waals surface area contributed by atoms with Crippen LogP contribution in [0.1, 0.15) is 11.1 Å². The second-order valence-electron chi connectivity index (χ2n) is 8.11. The van der Waals surface area contributed by atoms with Gasteiger partial charge in [0.15, 0.2) is 11.6 Å². The van der Waals surface area contributed by atoms with Crippen molar-refractivity contribution in [3.05, 3.63) is 105 Å². The minimum Gasteiger partial charge on any atom is -0.489 e. The Balaban J connectivity index is 1.39. The molecule has 1 fully saturated rings. The van der Waals surface area contributed by atoms with E-state index >= 15 is 0 Å². The lowest BCUT2D eigenvalue weighted by Gasteiger charge is -2.12. The molecule has 4 aromatic rings. The van der Waals surface area contributed by atoms with E-state index in [-0.39, 0.29) is 30.0 Å². The van der Waals surface area contributed by atoms with Crippen LogP contribution in [0.15, 0.2) is 82.3 Å². The van der Waals surface area contributed by atoms with Gasteiger partial charge in [0, 0.05) is 27.1 Å². The number of imide groups is 1. The third-order valence-electron chi connectivity index (χ3n) is 5.71. The van der Waals surface area contributed by atoms with Gasteiger partial charge in [0.25, 0.3) is 11.1 Å². The van der Waals surface area contributed by atoms with Crippen molar-refractivity contribution >= 4 is 55.8 Å². The monoisotopic (exact) mass is 568 g/mol. The van der Waals surface area contributed by atoms with E-state index in [2.05, 4.69) is 15.9 Å². The smallest absolute Gasteiger partial charge is 0.293 e. The highest BCUT2D eigenvalue weighted by atomic mass is 79.9. The Labute approximate surface area is 218 Å². The van der Waals surface area contributed by atoms with Crippen LogP contribution in [0.25, 0.3) is 17.0 Å².